The van der Waals surface area contributed by atoms with Crippen molar-refractivity contribution in [3.05, 3.63) is 11.6 Å². The summed E-state index contributed by atoms with van der Waals surface area (Å²) in [5.41, 5.74) is 1.34. The molecule has 0 radical (unpaired) electrons. The zero-order valence-electron chi connectivity index (χ0n) is 16.7. The molecule has 0 bridgehead atoms. The van der Waals surface area contributed by atoms with Crippen molar-refractivity contribution >= 4 is 5.97 Å². The molecule has 3 rings (SSSR count). The Balaban J connectivity index is 1.71. The Kier molecular flexibility index (Phi) is 6.33. The fraction of sp³-hybridized carbons (Fsp3) is 0.783. The number of aliphatic hydroxyl groups is 2. The molecular weight excluding hydrogens is 340 g/mol. The number of aliphatic carboxylic acids is 1. The highest BCUT2D eigenvalue weighted by atomic mass is 16.4. The second-order valence-electron chi connectivity index (χ2n) is 9.09. The Morgan fingerprint density at radius 1 is 1.30 bits per heavy atom. The molecule has 3 N–H and O–H groups in total. The fourth-order valence-corrected chi connectivity index (χ4v) is 5.95. The standard InChI is InChI=1S/C23H34O4/c1-15-18(9-6-10-21(26)27)23(2)14-13-20(25)17(22(15)23)11-12-19(24)16-7-4-3-5-8-16/h9,15-17,19-20,22,24-25H,3-8,10,13-14H2,1-2H3,(H,26,27)/b18-9-/t15?,17-,19?,20+,22+,23+/m0/s1. The summed E-state index contributed by atoms with van der Waals surface area (Å²) in [4.78, 5) is 10.8. The fourth-order valence-electron chi connectivity index (χ4n) is 5.95. The summed E-state index contributed by atoms with van der Waals surface area (Å²) in [6, 6.07) is 0. The van der Waals surface area contributed by atoms with E-state index in [0.29, 0.717) is 12.3 Å². The molecule has 0 aromatic rings. The first-order valence-corrected chi connectivity index (χ1v) is 10.6. The number of allylic oxidation sites excluding steroid dienone is 2. The van der Waals surface area contributed by atoms with Crippen LogP contribution in [0.1, 0.15) is 71.6 Å². The molecule has 3 fully saturated rings. The Hall–Kier alpha value is -1.31. The van der Waals surface area contributed by atoms with Gasteiger partial charge < -0.3 is 15.3 Å². The molecule has 0 aromatic carbocycles. The first-order chi connectivity index (χ1) is 12.8. The van der Waals surface area contributed by atoms with E-state index in [9.17, 15) is 15.0 Å². The summed E-state index contributed by atoms with van der Waals surface area (Å²) in [6.45, 7) is 4.41. The van der Waals surface area contributed by atoms with Crippen LogP contribution in [0.2, 0.25) is 0 Å². The lowest BCUT2D eigenvalue weighted by molar-refractivity contribution is -0.136. The Morgan fingerprint density at radius 3 is 2.67 bits per heavy atom. The lowest BCUT2D eigenvalue weighted by Gasteiger charge is -2.61. The van der Waals surface area contributed by atoms with Crippen LogP contribution in [0.5, 0.6) is 0 Å². The lowest BCUT2D eigenvalue weighted by atomic mass is 9.43. The molecule has 0 amide bonds. The van der Waals surface area contributed by atoms with Crippen molar-refractivity contribution in [1.82, 2.24) is 0 Å². The van der Waals surface area contributed by atoms with Gasteiger partial charge in [0.05, 0.1) is 12.0 Å². The first-order valence-electron chi connectivity index (χ1n) is 10.6. The highest BCUT2D eigenvalue weighted by Crippen LogP contribution is 2.64. The topological polar surface area (TPSA) is 77.8 Å². The van der Waals surface area contributed by atoms with Crippen molar-refractivity contribution in [2.45, 2.75) is 83.8 Å². The second kappa shape index (κ2) is 8.37. The average molecular weight is 375 g/mol. The summed E-state index contributed by atoms with van der Waals surface area (Å²) >= 11 is 0. The van der Waals surface area contributed by atoms with E-state index in [1.807, 2.05) is 0 Å². The van der Waals surface area contributed by atoms with Crippen molar-refractivity contribution in [1.29, 1.82) is 0 Å². The Labute approximate surface area is 163 Å². The van der Waals surface area contributed by atoms with Crippen molar-refractivity contribution in [3.8, 4) is 11.8 Å². The number of carbonyl (C=O) groups is 1. The predicted molar refractivity (Wildman–Crippen MR) is 105 cm³/mol. The molecule has 0 spiro atoms. The maximum absolute atomic E-state index is 10.8. The summed E-state index contributed by atoms with van der Waals surface area (Å²) in [7, 11) is 0. The van der Waals surface area contributed by atoms with E-state index in [-0.39, 0.29) is 29.6 Å². The van der Waals surface area contributed by atoms with Crippen LogP contribution in [0.25, 0.3) is 0 Å². The smallest absolute Gasteiger partial charge is 0.303 e. The highest BCUT2D eigenvalue weighted by Gasteiger charge is 2.58. The number of carboxylic acid groups (broad SMARTS) is 1. The SMILES string of the molecule is CC1/C(=C/CCC(=O)O)[C@@]2(C)CC[C@@H](O)[C@H](C#CC(O)C3CCCCC3)[C@@H]12. The Bertz CT molecular complexity index is 636. The molecule has 3 aliphatic rings. The van der Waals surface area contributed by atoms with Gasteiger partial charge in [-0.05, 0) is 55.3 Å². The van der Waals surface area contributed by atoms with Crippen LogP contribution >= 0.6 is 0 Å². The van der Waals surface area contributed by atoms with Crippen LogP contribution in [0.3, 0.4) is 0 Å². The van der Waals surface area contributed by atoms with Gasteiger partial charge in [-0.15, -0.1) is 0 Å². The van der Waals surface area contributed by atoms with Crippen LogP contribution in [-0.2, 0) is 4.79 Å². The van der Waals surface area contributed by atoms with Gasteiger partial charge >= 0.3 is 5.97 Å². The third-order valence-electron chi connectivity index (χ3n) is 7.40. The molecule has 4 nitrogen and oxygen atoms in total. The molecule has 3 aliphatic carbocycles. The molecule has 0 aromatic heterocycles. The van der Waals surface area contributed by atoms with Gasteiger partial charge in [0.15, 0.2) is 0 Å². The molecule has 2 unspecified atom stereocenters. The van der Waals surface area contributed by atoms with Crippen molar-refractivity contribution in [2.75, 3.05) is 0 Å². The van der Waals surface area contributed by atoms with Gasteiger partial charge in [0.1, 0.15) is 6.10 Å². The van der Waals surface area contributed by atoms with Crippen LogP contribution in [0.4, 0.5) is 0 Å². The molecule has 0 heterocycles. The molecular formula is C23H34O4. The number of hydrogen-bond donors (Lipinski definition) is 3. The number of hydrogen-bond acceptors (Lipinski definition) is 3. The number of rotatable bonds is 4. The van der Waals surface area contributed by atoms with Gasteiger partial charge in [0.25, 0.3) is 0 Å². The van der Waals surface area contributed by atoms with Gasteiger partial charge in [0.2, 0.25) is 0 Å². The molecule has 4 heteroatoms. The van der Waals surface area contributed by atoms with Gasteiger partial charge in [-0.25, -0.2) is 0 Å². The van der Waals surface area contributed by atoms with E-state index < -0.39 is 18.2 Å². The zero-order valence-corrected chi connectivity index (χ0v) is 16.7. The normalized spacial score (nSPS) is 39.0. The van der Waals surface area contributed by atoms with Gasteiger partial charge in [-0.3, -0.25) is 4.79 Å². The predicted octanol–water partition coefficient (Wildman–Crippen LogP) is 3.77. The molecule has 150 valence electrons. The van der Waals surface area contributed by atoms with E-state index in [4.69, 9.17) is 5.11 Å². The summed E-state index contributed by atoms with van der Waals surface area (Å²) < 4.78 is 0. The quantitative estimate of drug-likeness (QED) is 0.517. The first kappa shape index (κ1) is 20.4. The molecule has 27 heavy (non-hydrogen) atoms. The lowest BCUT2D eigenvalue weighted by Crippen LogP contribution is -2.56. The maximum atomic E-state index is 10.8. The van der Waals surface area contributed by atoms with Crippen molar-refractivity contribution < 1.29 is 20.1 Å². The summed E-state index contributed by atoms with van der Waals surface area (Å²) in [5, 5.41) is 30.0. The van der Waals surface area contributed by atoms with Gasteiger partial charge in [-0.2, -0.15) is 0 Å². The van der Waals surface area contributed by atoms with Crippen molar-refractivity contribution in [2.24, 2.45) is 29.1 Å². The minimum atomic E-state index is -0.764. The van der Waals surface area contributed by atoms with Crippen LogP contribution < -0.4 is 0 Å². The molecule has 6 atom stereocenters. The van der Waals surface area contributed by atoms with E-state index >= 15 is 0 Å². The summed E-state index contributed by atoms with van der Waals surface area (Å²) in [6.07, 6.45) is 9.18. The third-order valence-corrected chi connectivity index (χ3v) is 7.40. The van der Waals surface area contributed by atoms with E-state index in [1.54, 1.807) is 0 Å². The van der Waals surface area contributed by atoms with E-state index in [2.05, 4.69) is 31.8 Å². The monoisotopic (exact) mass is 374 g/mol. The van der Waals surface area contributed by atoms with E-state index in [0.717, 1.165) is 25.7 Å². The minimum absolute atomic E-state index is 0.00624. The van der Waals surface area contributed by atoms with E-state index in [1.165, 1.54) is 24.8 Å². The number of aliphatic hydroxyl groups excluding tert-OH is 2. The van der Waals surface area contributed by atoms with Crippen LogP contribution in [0.15, 0.2) is 11.6 Å². The Morgan fingerprint density at radius 2 is 2.00 bits per heavy atom. The largest absolute Gasteiger partial charge is 0.481 e. The third kappa shape index (κ3) is 4.10. The summed E-state index contributed by atoms with van der Waals surface area (Å²) in [5.74, 6) is 6.38. The number of fused-ring (bicyclic) bond motifs is 1. The van der Waals surface area contributed by atoms with Crippen LogP contribution in [-0.4, -0.2) is 33.5 Å². The highest BCUT2D eigenvalue weighted by molar-refractivity contribution is 5.66. The molecule has 0 aliphatic heterocycles. The van der Waals surface area contributed by atoms with Crippen molar-refractivity contribution in [3.63, 3.8) is 0 Å². The molecule has 0 saturated heterocycles. The van der Waals surface area contributed by atoms with Crippen LogP contribution in [0, 0.1) is 40.9 Å². The van der Waals surface area contributed by atoms with Gasteiger partial charge in [-0.1, -0.05) is 56.6 Å². The second-order valence-corrected chi connectivity index (χ2v) is 9.09. The minimum Gasteiger partial charge on any atom is -0.481 e. The average Bonchev–Trinajstić information content (AvgIpc) is 2.65. The molecule has 3 saturated carbocycles. The maximum Gasteiger partial charge on any atom is 0.303 e. The van der Waals surface area contributed by atoms with Gasteiger partial charge in [0, 0.05) is 6.42 Å². The number of carboxylic acids is 1. The zero-order chi connectivity index (χ0) is 19.6.